The summed E-state index contributed by atoms with van der Waals surface area (Å²) in [7, 11) is 3.12. The lowest BCUT2D eigenvalue weighted by molar-refractivity contribution is 0.135. The Morgan fingerprint density at radius 2 is 0.964 bits per heavy atom. The molecule has 0 saturated carbocycles. The van der Waals surface area contributed by atoms with Gasteiger partial charge in [-0.25, -0.2) is 0 Å². The molecule has 0 atom stereocenters. The van der Waals surface area contributed by atoms with Gasteiger partial charge in [0, 0.05) is 50.6 Å². The number of aliphatic hydroxyl groups is 1. The number of benzene rings is 2. The SMILES string of the molecule is COCCO.COCCOc1cc(O)cc(O)c1.Cl.Oc1cc(O)cc(O)c1. The minimum absolute atomic E-state index is 0. The number of rotatable bonds is 6. The van der Waals surface area contributed by atoms with Crippen LogP contribution in [0.15, 0.2) is 36.4 Å². The molecule has 0 aliphatic carbocycles. The van der Waals surface area contributed by atoms with Crippen molar-refractivity contribution < 1.29 is 44.8 Å². The van der Waals surface area contributed by atoms with Gasteiger partial charge in [-0.15, -0.1) is 12.4 Å². The van der Waals surface area contributed by atoms with Crippen molar-refractivity contribution in [3.05, 3.63) is 36.4 Å². The molecule has 0 saturated heterocycles. The predicted molar refractivity (Wildman–Crippen MR) is 105 cm³/mol. The quantitative estimate of drug-likeness (QED) is 0.384. The van der Waals surface area contributed by atoms with Crippen LogP contribution in [0.3, 0.4) is 0 Å². The van der Waals surface area contributed by atoms with Gasteiger partial charge in [0.2, 0.25) is 0 Å². The number of phenols is 5. The molecule has 0 heterocycles. The van der Waals surface area contributed by atoms with E-state index in [1.54, 1.807) is 14.2 Å². The van der Waals surface area contributed by atoms with E-state index in [2.05, 4.69) is 4.74 Å². The Kier molecular flexibility index (Phi) is 16.4. The fourth-order valence-corrected chi connectivity index (χ4v) is 1.57. The summed E-state index contributed by atoms with van der Waals surface area (Å²) < 4.78 is 14.4. The summed E-state index contributed by atoms with van der Waals surface area (Å²) in [5.41, 5.74) is 0. The van der Waals surface area contributed by atoms with Crippen LogP contribution in [0.2, 0.25) is 0 Å². The number of aromatic hydroxyl groups is 5. The largest absolute Gasteiger partial charge is 0.508 e. The van der Waals surface area contributed by atoms with Crippen molar-refractivity contribution in [3.8, 4) is 34.5 Å². The highest BCUT2D eigenvalue weighted by Gasteiger charge is 1.99. The first-order valence-corrected chi connectivity index (χ1v) is 7.79. The average molecular weight is 423 g/mol. The van der Waals surface area contributed by atoms with Crippen LogP contribution in [-0.2, 0) is 9.47 Å². The number of aliphatic hydroxyl groups excluding tert-OH is 1. The molecule has 0 spiro atoms. The lowest BCUT2D eigenvalue weighted by Crippen LogP contribution is -2.03. The second-order valence-electron chi connectivity index (χ2n) is 4.95. The Bertz CT molecular complexity index is 580. The van der Waals surface area contributed by atoms with Crippen LogP contribution in [0.25, 0.3) is 0 Å². The zero-order valence-corrected chi connectivity index (χ0v) is 16.4. The second-order valence-corrected chi connectivity index (χ2v) is 4.95. The van der Waals surface area contributed by atoms with E-state index in [-0.39, 0.29) is 47.8 Å². The van der Waals surface area contributed by atoms with Crippen molar-refractivity contribution in [1.29, 1.82) is 0 Å². The van der Waals surface area contributed by atoms with E-state index in [9.17, 15) is 0 Å². The molecule has 10 heteroatoms. The van der Waals surface area contributed by atoms with Crippen LogP contribution in [-0.4, -0.2) is 71.3 Å². The lowest BCUT2D eigenvalue weighted by Gasteiger charge is -2.05. The Labute approximate surface area is 169 Å². The van der Waals surface area contributed by atoms with E-state index in [0.29, 0.717) is 25.6 Å². The highest BCUT2D eigenvalue weighted by atomic mass is 35.5. The van der Waals surface area contributed by atoms with Crippen molar-refractivity contribution in [2.24, 2.45) is 0 Å². The van der Waals surface area contributed by atoms with Crippen LogP contribution in [0.1, 0.15) is 0 Å². The molecule has 0 aliphatic heterocycles. The maximum atomic E-state index is 9.08. The van der Waals surface area contributed by atoms with Crippen LogP contribution in [0.5, 0.6) is 34.5 Å². The van der Waals surface area contributed by atoms with Gasteiger partial charge in [-0.3, -0.25) is 0 Å². The molecule has 0 aliphatic rings. The van der Waals surface area contributed by atoms with Crippen molar-refractivity contribution in [2.45, 2.75) is 0 Å². The third-order valence-electron chi connectivity index (χ3n) is 2.61. The molecule has 0 aromatic heterocycles. The smallest absolute Gasteiger partial charge is 0.126 e. The molecule has 2 rings (SSSR count). The summed E-state index contributed by atoms with van der Waals surface area (Å²) in [6.45, 7) is 1.42. The van der Waals surface area contributed by atoms with E-state index >= 15 is 0 Å². The number of ether oxygens (including phenoxy) is 3. The summed E-state index contributed by atoms with van der Waals surface area (Å²) in [4.78, 5) is 0. The third kappa shape index (κ3) is 14.6. The molecule has 0 bridgehead atoms. The minimum atomic E-state index is -0.146. The maximum Gasteiger partial charge on any atom is 0.126 e. The number of methoxy groups -OCH3 is 2. The molecule has 6 N–H and O–H groups in total. The molecule has 0 fully saturated rings. The third-order valence-corrected chi connectivity index (χ3v) is 2.61. The van der Waals surface area contributed by atoms with E-state index in [0.717, 1.165) is 18.2 Å². The van der Waals surface area contributed by atoms with Crippen LogP contribution >= 0.6 is 12.4 Å². The minimum Gasteiger partial charge on any atom is -0.508 e. The molecule has 28 heavy (non-hydrogen) atoms. The summed E-state index contributed by atoms with van der Waals surface area (Å²) in [6, 6.07) is 7.51. The number of hydrogen-bond donors (Lipinski definition) is 6. The average Bonchev–Trinajstić information content (AvgIpc) is 2.55. The van der Waals surface area contributed by atoms with Crippen molar-refractivity contribution in [3.63, 3.8) is 0 Å². The van der Waals surface area contributed by atoms with Crippen molar-refractivity contribution >= 4 is 12.4 Å². The van der Waals surface area contributed by atoms with Gasteiger partial charge >= 0.3 is 0 Å². The Morgan fingerprint density at radius 3 is 1.25 bits per heavy atom. The van der Waals surface area contributed by atoms with Gasteiger partial charge < -0.3 is 44.8 Å². The molecule has 0 radical (unpaired) electrons. The molecule has 2 aromatic rings. The van der Waals surface area contributed by atoms with Gasteiger partial charge in [-0.2, -0.15) is 0 Å². The monoisotopic (exact) mass is 422 g/mol. The summed E-state index contributed by atoms with van der Waals surface area (Å²) in [5.74, 6) is -0.0538. The normalized spacial score (nSPS) is 9.11. The predicted octanol–water partition coefficient (Wildman–Crippen LogP) is 1.97. The van der Waals surface area contributed by atoms with E-state index in [1.165, 1.54) is 18.2 Å². The summed E-state index contributed by atoms with van der Waals surface area (Å²) in [5, 5.41) is 52.1. The summed E-state index contributed by atoms with van der Waals surface area (Å²) >= 11 is 0. The highest BCUT2D eigenvalue weighted by molar-refractivity contribution is 5.85. The van der Waals surface area contributed by atoms with Crippen LogP contribution in [0, 0.1) is 0 Å². The second kappa shape index (κ2) is 16.6. The number of phenolic OH excluding ortho intramolecular Hbond substituents is 5. The number of halogens is 1. The van der Waals surface area contributed by atoms with Gasteiger partial charge in [0.1, 0.15) is 41.1 Å². The van der Waals surface area contributed by atoms with Crippen LogP contribution in [0.4, 0.5) is 0 Å². The molecular weight excluding hydrogens is 396 g/mol. The fourth-order valence-electron chi connectivity index (χ4n) is 1.57. The topological polar surface area (TPSA) is 149 Å². The van der Waals surface area contributed by atoms with Gasteiger partial charge in [0.25, 0.3) is 0 Å². The maximum absolute atomic E-state index is 9.08. The van der Waals surface area contributed by atoms with Crippen molar-refractivity contribution in [2.75, 3.05) is 40.6 Å². The summed E-state index contributed by atoms with van der Waals surface area (Å²) in [6.07, 6.45) is 0. The Hall–Kier alpha value is -2.59. The molecule has 0 unspecified atom stereocenters. The first-order valence-electron chi connectivity index (χ1n) is 7.79. The highest BCUT2D eigenvalue weighted by Crippen LogP contribution is 2.25. The molecule has 2 aromatic carbocycles. The van der Waals surface area contributed by atoms with Crippen molar-refractivity contribution in [1.82, 2.24) is 0 Å². The van der Waals surface area contributed by atoms with Gasteiger partial charge in [-0.1, -0.05) is 0 Å². The first kappa shape index (κ1) is 27.6. The molecule has 0 amide bonds. The first-order chi connectivity index (χ1) is 12.8. The molecule has 160 valence electrons. The molecule has 9 nitrogen and oxygen atoms in total. The van der Waals surface area contributed by atoms with Gasteiger partial charge in [0.05, 0.1) is 19.8 Å². The number of hydrogen-bond acceptors (Lipinski definition) is 9. The molecular formula is C18H27ClO9. The Balaban J connectivity index is 0. The lowest BCUT2D eigenvalue weighted by atomic mass is 10.3. The van der Waals surface area contributed by atoms with Gasteiger partial charge in [-0.05, 0) is 0 Å². The Morgan fingerprint density at radius 1 is 0.607 bits per heavy atom. The van der Waals surface area contributed by atoms with Gasteiger partial charge in [0.15, 0.2) is 0 Å². The fraction of sp³-hybridized carbons (Fsp3) is 0.333. The standard InChI is InChI=1S/C9H12O4.C6H6O3.C3H8O2.ClH/c1-12-2-3-13-9-5-7(10)4-8(11)6-9;7-4-1-5(8)3-6(9)2-4;1-5-3-2-4;/h4-6,10-11H,2-3H2,1H3;1-3,7-9H;4H,2-3H2,1H3;1H. The zero-order valence-electron chi connectivity index (χ0n) is 15.6. The van der Waals surface area contributed by atoms with E-state index in [1.807, 2.05) is 0 Å². The van der Waals surface area contributed by atoms with E-state index in [4.69, 9.17) is 40.1 Å². The van der Waals surface area contributed by atoms with Crippen LogP contribution < -0.4 is 4.74 Å². The zero-order chi connectivity index (χ0) is 20.7. The van der Waals surface area contributed by atoms with E-state index < -0.39 is 0 Å².